The van der Waals surface area contributed by atoms with E-state index in [1.807, 2.05) is 21.1 Å². The fourth-order valence-electron chi connectivity index (χ4n) is 5.31. The molecule has 0 aliphatic rings. The Balaban J connectivity index is 4.44. The van der Waals surface area contributed by atoms with Crippen LogP contribution in [0.4, 0.5) is 0 Å². The van der Waals surface area contributed by atoms with Gasteiger partial charge in [0.15, 0.2) is 6.10 Å². The molecule has 0 aromatic carbocycles. The fourth-order valence-corrected chi connectivity index (χ4v) is 6.04. The lowest BCUT2D eigenvalue weighted by Gasteiger charge is -2.28. The summed E-state index contributed by atoms with van der Waals surface area (Å²) in [5.41, 5.74) is 0. The molecule has 0 spiro atoms. The van der Waals surface area contributed by atoms with E-state index >= 15 is 0 Å². The number of hydrogen-bond acceptors (Lipinski definition) is 8. The van der Waals surface area contributed by atoms with Crippen molar-refractivity contribution in [1.29, 1.82) is 0 Å². The number of phosphoric acid groups is 1. The Labute approximate surface area is 324 Å². The van der Waals surface area contributed by atoms with Gasteiger partial charge in [-0.3, -0.25) is 14.2 Å². The molecule has 0 aliphatic heterocycles. The maximum Gasteiger partial charge on any atom is 0.306 e. The van der Waals surface area contributed by atoms with Gasteiger partial charge in [-0.1, -0.05) is 127 Å². The van der Waals surface area contributed by atoms with Gasteiger partial charge in [0.25, 0.3) is 7.82 Å². The van der Waals surface area contributed by atoms with Gasteiger partial charge in [-0.05, 0) is 70.6 Å². The van der Waals surface area contributed by atoms with Gasteiger partial charge < -0.3 is 27.9 Å². The zero-order chi connectivity index (χ0) is 39.3. The molecule has 0 radical (unpaired) electrons. The molecule has 308 valence electrons. The first-order valence-corrected chi connectivity index (χ1v) is 22.3. The fraction of sp³-hybridized carbons (Fsp3) is 0.767. The van der Waals surface area contributed by atoms with E-state index < -0.39 is 32.5 Å². The van der Waals surface area contributed by atoms with E-state index in [1.54, 1.807) is 0 Å². The third-order valence-electron chi connectivity index (χ3n) is 8.58. The van der Waals surface area contributed by atoms with Crippen LogP contribution in [-0.2, 0) is 32.7 Å². The monoisotopic (exact) mass is 768 g/mol. The quantitative estimate of drug-likeness (QED) is 0.0202. The third kappa shape index (κ3) is 39.5. The number of esters is 2. The summed E-state index contributed by atoms with van der Waals surface area (Å²) in [5.74, 6) is -0.882. The van der Waals surface area contributed by atoms with Crippen LogP contribution in [0.25, 0.3) is 0 Å². The number of hydrogen-bond donors (Lipinski definition) is 0. The number of nitrogens with zero attached hydrogens (tertiary/aromatic N) is 1. The summed E-state index contributed by atoms with van der Waals surface area (Å²) in [6, 6.07) is 0. The average Bonchev–Trinajstić information content (AvgIpc) is 3.10. The molecule has 0 saturated heterocycles. The van der Waals surface area contributed by atoms with Gasteiger partial charge in [-0.25, -0.2) is 0 Å². The van der Waals surface area contributed by atoms with Gasteiger partial charge in [0, 0.05) is 12.8 Å². The second-order valence-corrected chi connectivity index (χ2v) is 16.4. The van der Waals surface area contributed by atoms with Crippen LogP contribution in [0.2, 0.25) is 0 Å². The summed E-state index contributed by atoms with van der Waals surface area (Å²) in [5, 5.41) is 0. The lowest BCUT2D eigenvalue weighted by Crippen LogP contribution is -2.37. The molecule has 9 nitrogen and oxygen atoms in total. The first-order chi connectivity index (χ1) is 25.5. The molecule has 10 heteroatoms. The molecule has 0 fully saturated rings. The van der Waals surface area contributed by atoms with Crippen LogP contribution in [0.5, 0.6) is 0 Å². The molecule has 0 saturated carbocycles. The maximum atomic E-state index is 12.6. The number of unbranched alkanes of at least 4 members (excludes halogenated alkanes) is 15. The van der Waals surface area contributed by atoms with Crippen LogP contribution in [0.1, 0.15) is 162 Å². The standard InChI is InChI=1S/C43H78NO8P/c1-6-8-10-12-14-16-18-20-21-22-24-25-27-29-31-33-35-42(45)49-39-41(40-51-53(47,48)50-38-37-44(3,4)5)52-43(46)36-34-32-30-28-26-23-19-17-15-13-11-9-7-2/h9,11,15,17,21-23,26,41H,6-8,10,12-14,16,18-20,24-25,27-40H2,1-5H3/b11-9-,17-15-,22-21-,26-23-. The Morgan fingerprint density at radius 3 is 1.64 bits per heavy atom. The Hall–Kier alpha value is -2.03. The zero-order valence-electron chi connectivity index (χ0n) is 34.4. The number of allylic oxidation sites excluding steroid dienone is 8. The molecule has 0 heterocycles. The normalized spacial score (nSPS) is 14.2. The van der Waals surface area contributed by atoms with Crippen LogP contribution in [-0.4, -0.2) is 70.0 Å². The summed E-state index contributed by atoms with van der Waals surface area (Å²) in [6.45, 7) is 4.05. The Morgan fingerprint density at radius 1 is 0.604 bits per heavy atom. The molecule has 0 aromatic rings. The number of phosphoric ester groups is 1. The van der Waals surface area contributed by atoms with Crippen LogP contribution < -0.4 is 4.89 Å². The number of carbonyl (C=O) groups is 2. The smallest absolute Gasteiger partial charge is 0.306 e. The predicted molar refractivity (Wildman–Crippen MR) is 217 cm³/mol. The van der Waals surface area contributed by atoms with Crippen molar-refractivity contribution in [2.24, 2.45) is 0 Å². The Kier molecular flexibility index (Phi) is 34.3. The average molecular weight is 768 g/mol. The number of ether oxygens (including phenoxy) is 2. The van der Waals surface area contributed by atoms with Gasteiger partial charge in [0.1, 0.15) is 19.8 Å². The highest BCUT2D eigenvalue weighted by molar-refractivity contribution is 7.45. The van der Waals surface area contributed by atoms with Gasteiger partial charge in [-0.2, -0.15) is 0 Å². The topological polar surface area (TPSA) is 111 Å². The maximum absolute atomic E-state index is 12.6. The van der Waals surface area contributed by atoms with Crippen LogP contribution >= 0.6 is 7.82 Å². The van der Waals surface area contributed by atoms with E-state index in [4.69, 9.17) is 18.5 Å². The lowest BCUT2D eigenvalue weighted by atomic mass is 10.1. The van der Waals surface area contributed by atoms with E-state index in [-0.39, 0.29) is 26.1 Å². The minimum absolute atomic E-state index is 0.0394. The highest BCUT2D eigenvalue weighted by Gasteiger charge is 2.21. The lowest BCUT2D eigenvalue weighted by molar-refractivity contribution is -0.870. The summed E-state index contributed by atoms with van der Waals surface area (Å²) in [6.07, 6.45) is 40.0. The summed E-state index contributed by atoms with van der Waals surface area (Å²) in [7, 11) is 1.13. The van der Waals surface area contributed by atoms with Gasteiger partial charge in [0.05, 0.1) is 27.7 Å². The molecular weight excluding hydrogens is 689 g/mol. The highest BCUT2D eigenvalue weighted by Crippen LogP contribution is 2.38. The van der Waals surface area contributed by atoms with Crippen molar-refractivity contribution in [3.05, 3.63) is 48.6 Å². The molecule has 0 bridgehead atoms. The van der Waals surface area contributed by atoms with Crippen molar-refractivity contribution < 1.29 is 42.1 Å². The molecule has 0 rings (SSSR count). The minimum Gasteiger partial charge on any atom is -0.756 e. The summed E-state index contributed by atoms with van der Waals surface area (Å²) < 4.78 is 33.8. The largest absolute Gasteiger partial charge is 0.756 e. The van der Waals surface area contributed by atoms with Crippen LogP contribution in [0.15, 0.2) is 48.6 Å². The number of carbonyl (C=O) groups excluding carboxylic acids is 2. The van der Waals surface area contributed by atoms with Crippen molar-refractivity contribution in [3.63, 3.8) is 0 Å². The van der Waals surface area contributed by atoms with E-state index in [0.29, 0.717) is 23.9 Å². The van der Waals surface area contributed by atoms with Crippen LogP contribution in [0, 0.1) is 0 Å². The van der Waals surface area contributed by atoms with Crippen molar-refractivity contribution in [2.45, 2.75) is 168 Å². The first-order valence-electron chi connectivity index (χ1n) is 20.8. The van der Waals surface area contributed by atoms with Crippen molar-refractivity contribution >= 4 is 19.8 Å². The van der Waals surface area contributed by atoms with Crippen molar-refractivity contribution in [2.75, 3.05) is 47.5 Å². The molecule has 2 atom stereocenters. The first kappa shape index (κ1) is 51.0. The van der Waals surface area contributed by atoms with Crippen LogP contribution in [0.3, 0.4) is 0 Å². The van der Waals surface area contributed by atoms with E-state index in [1.165, 1.54) is 51.4 Å². The molecule has 0 N–H and O–H groups in total. The summed E-state index contributed by atoms with van der Waals surface area (Å²) in [4.78, 5) is 37.4. The molecule has 0 aromatic heterocycles. The van der Waals surface area contributed by atoms with Gasteiger partial charge in [-0.15, -0.1) is 0 Å². The highest BCUT2D eigenvalue weighted by atomic mass is 31.2. The second-order valence-electron chi connectivity index (χ2n) is 15.0. The van der Waals surface area contributed by atoms with Crippen molar-refractivity contribution in [1.82, 2.24) is 0 Å². The molecule has 2 unspecified atom stereocenters. The number of quaternary nitrogens is 1. The minimum atomic E-state index is -4.63. The Bertz CT molecular complexity index is 1050. The molecule has 0 aliphatic carbocycles. The SMILES string of the molecule is CC/C=C\C/C=C\C/C=C\CCCCCC(=O)OC(COC(=O)CCCCCCC/C=C\CCCCCCCCC)COP(=O)([O-])OCC[N+](C)(C)C. The number of likely N-dealkylation sites (N-methyl/N-ethyl adjacent to an activating group) is 1. The van der Waals surface area contributed by atoms with Gasteiger partial charge >= 0.3 is 11.9 Å². The predicted octanol–water partition coefficient (Wildman–Crippen LogP) is 10.9. The van der Waals surface area contributed by atoms with E-state index in [9.17, 15) is 19.0 Å². The van der Waals surface area contributed by atoms with E-state index in [0.717, 1.165) is 70.6 Å². The zero-order valence-corrected chi connectivity index (χ0v) is 35.3. The molecule has 53 heavy (non-hydrogen) atoms. The summed E-state index contributed by atoms with van der Waals surface area (Å²) >= 11 is 0. The van der Waals surface area contributed by atoms with Crippen molar-refractivity contribution in [3.8, 4) is 0 Å². The Morgan fingerprint density at radius 2 is 1.08 bits per heavy atom. The second kappa shape index (κ2) is 35.7. The third-order valence-corrected chi connectivity index (χ3v) is 9.55. The number of rotatable bonds is 37. The van der Waals surface area contributed by atoms with Gasteiger partial charge in [0.2, 0.25) is 0 Å². The van der Waals surface area contributed by atoms with E-state index in [2.05, 4.69) is 62.5 Å². The molecular formula is C43H78NO8P. The molecule has 0 amide bonds.